The molecule has 0 atom stereocenters. The molecule has 0 saturated heterocycles. The number of aromatic nitrogens is 2. The first kappa shape index (κ1) is 19.5. The predicted octanol–water partition coefficient (Wildman–Crippen LogP) is 5.17. The van der Waals surface area contributed by atoms with Crippen LogP contribution in [0.15, 0.2) is 54.6 Å². The van der Waals surface area contributed by atoms with Crippen molar-refractivity contribution in [3.05, 3.63) is 71.5 Å². The van der Waals surface area contributed by atoms with Gasteiger partial charge in [-0.05, 0) is 25.1 Å². The number of ether oxygens (including phenoxy) is 1. The van der Waals surface area contributed by atoms with Crippen molar-refractivity contribution in [1.29, 1.82) is 0 Å². The number of aryl methyl sites for hydroxylation is 1. The van der Waals surface area contributed by atoms with Gasteiger partial charge in [-0.1, -0.05) is 30.3 Å². The number of hydrogen-bond acceptors (Lipinski definition) is 5. The quantitative estimate of drug-likeness (QED) is 0.610. The van der Waals surface area contributed by atoms with E-state index in [1.165, 1.54) is 18.2 Å². The summed E-state index contributed by atoms with van der Waals surface area (Å²) in [5.74, 6) is 1.92. The van der Waals surface area contributed by atoms with Crippen molar-refractivity contribution >= 4 is 17.3 Å². The summed E-state index contributed by atoms with van der Waals surface area (Å²) in [6.45, 7) is 2.12. The molecule has 1 aromatic heterocycles. The van der Waals surface area contributed by atoms with Crippen LogP contribution in [0.25, 0.3) is 0 Å². The molecule has 0 bridgehead atoms. The summed E-state index contributed by atoms with van der Waals surface area (Å²) in [5.41, 5.74) is 0.108. The molecule has 0 aliphatic heterocycles. The van der Waals surface area contributed by atoms with Gasteiger partial charge in [-0.25, -0.2) is 9.97 Å². The lowest BCUT2D eigenvalue weighted by Gasteiger charge is -2.15. The van der Waals surface area contributed by atoms with Crippen LogP contribution in [-0.4, -0.2) is 17.1 Å². The van der Waals surface area contributed by atoms with Gasteiger partial charge in [0, 0.05) is 18.2 Å². The highest BCUT2D eigenvalue weighted by atomic mass is 19.4. The summed E-state index contributed by atoms with van der Waals surface area (Å²) < 4.78 is 44.9. The van der Waals surface area contributed by atoms with Gasteiger partial charge >= 0.3 is 6.18 Å². The summed E-state index contributed by atoms with van der Waals surface area (Å²) in [6.07, 6.45) is -4.46. The monoisotopic (exact) mass is 388 g/mol. The van der Waals surface area contributed by atoms with Crippen molar-refractivity contribution in [1.82, 2.24) is 9.97 Å². The van der Waals surface area contributed by atoms with Crippen molar-refractivity contribution < 1.29 is 17.9 Å². The summed E-state index contributed by atoms with van der Waals surface area (Å²) in [4.78, 5) is 8.48. The predicted molar refractivity (Wildman–Crippen MR) is 102 cm³/mol. The third kappa shape index (κ3) is 4.70. The first-order chi connectivity index (χ1) is 13.4. The fraction of sp³-hybridized carbons (Fsp3) is 0.200. The minimum Gasteiger partial charge on any atom is -0.496 e. The Morgan fingerprint density at radius 2 is 1.64 bits per heavy atom. The van der Waals surface area contributed by atoms with E-state index in [0.717, 1.165) is 17.4 Å². The molecule has 3 rings (SSSR count). The fourth-order valence-corrected chi connectivity index (χ4v) is 2.73. The van der Waals surface area contributed by atoms with E-state index in [-0.39, 0.29) is 11.5 Å². The molecule has 1 heterocycles. The van der Waals surface area contributed by atoms with Crippen LogP contribution < -0.4 is 15.4 Å². The molecule has 2 N–H and O–H groups in total. The third-order valence-electron chi connectivity index (χ3n) is 3.99. The summed E-state index contributed by atoms with van der Waals surface area (Å²) in [6, 6.07) is 14.4. The van der Waals surface area contributed by atoms with Crippen LogP contribution in [0, 0.1) is 6.92 Å². The Labute approximate surface area is 160 Å². The highest BCUT2D eigenvalue weighted by Crippen LogP contribution is 2.35. The van der Waals surface area contributed by atoms with Crippen LogP contribution in [0.1, 0.15) is 17.0 Å². The van der Waals surface area contributed by atoms with Crippen molar-refractivity contribution in [2.45, 2.75) is 19.6 Å². The molecule has 0 saturated carbocycles. The number of nitrogens with one attached hydrogen (secondary N) is 2. The fourth-order valence-electron chi connectivity index (χ4n) is 2.73. The second kappa shape index (κ2) is 8.16. The number of methoxy groups -OCH3 is 1. The largest absolute Gasteiger partial charge is 0.496 e. The number of halogens is 3. The molecule has 3 aromatic rings. The van der Waals surface area contributed by atoms with Gasteiger partial charge in [0.1, 0.15) is 23.2 Å². The van der Waals surface area contributed by atoms with E-state index >= 15 is 0 Å². The maximum absolute atomic E-state index is 13.2. The minimum atomic E-state index is -4.46. The lowest BCUT2D eigenvalue weighted by atomic mass is 10.1. The molecule has 5 nitrogen and oxygen atoms in total. The normalized spacial score (nSPS) is 11.2. The molecule has 0 aliphatic rings. The standard InChI is InChI=1S/C20H19F3N4O/c1-13-25-18(24-12-14-7-3-6-10-17(14)28-2)11-19(26-13)27-16-9-5-4-8-15(16)20(21,22)23/h3-11H,12H2,1-2H3,(H2,24,25,26,27). The molecule has 2 aromatic carbocycles. The Hall–Kier alpha value is -3.29. The van der Waals surface area contributed by atoms with E-state index in [4.69, 9.17) is 4.74 Å². The molecule has 8 heteroatoms. The number of rotatable bonds is 6. The zero-order chi connectivity index (χ0) is 20.1. The Kier molecular flexibility index (Phi) is 5.67. The van der Waals surface area contributed by atoms with E-state index in [1.54, 1.807) is 20.1 Å². The number of hydrogen-bond donors (Lipinski definition) is 2. The van der Waals surface area contributed by atoms with Gasteiger partial charge in [0.2, 0.25) is 0 Å². The summed E-state index contributed by atoms with van der Waals surface area (Å²) >= 11 is 0. The number of nitrogens with zero attached hydrogens (tertiary/aromatic N) is 2. The van der Waals surface area contributed by atoms with E-state index in [2.05, 4.69) is 20.6 Å². The lowest BCUT2D eigenvalue weighted by molar-refractivity contribution is -0.136. The van der Waals surface area contributed by atoms with Crippen LogP contribution in [0.3, 0.4) is 0 Å². The van der Waals surface area contributed by atoms with Crippen LogP contribution in [-0.2, 0) is 12.7 Å². The Balaban J connectivity index is 1.81. The van der Waals surface area contributed by atoms with Gasteiger partial charge in [0.25, 0.3) is 0 Å². The molecule has 0 fully saturated rings. The maximum atomic E-state index is 13.2. The highest BCUT2D eigenvalue weighted by Gasteiger charge is 2.33. The number of benzene rings is 2. The zero-order valence-corrected chi connectivity index (χ0v) is 15.3. The third-order valence-corrected chi connectivity index (χ3v) is 3.99. The van der Waals surface area contributed by atoms with Gasteiger partial charge in [-0.2, -0.15) is 13.2 Å². The number of para-hydroxylation sites is 2. The first-order valence-electron chi connectivity index (χ1n) is 8.51. The Morgan fingerprint density at radius 1 is 0.964 bits per heavy atom. The van der Waals surface area contributed by atoms with Gasteiger partial charge < -0.3 is 15.4 Å². The second-order valence-electron chi connectivity index (χ2n) is 6.02. The molecule has 0 unspecified atom stereocenters. The van der Waals surface area contributed by atoms with Crippen LogP contribution in [0.2, 0.25) is 0 Å². The molecular weight excluding hydrogens is 369 g/mol. The maximum Gasteiger partial charge on any atom is 0.418 e. The van der Waals surface area contributed by atoms with Crippen molar-refractivity contribution in [2.24, 2.45) is 0 Å². The zero-order valence-electron chi connectivity index (χ0n) is 15.3. The number of alkyl halides is 3. The topological polar surface area (TPSA) is 59.1 Å². The molecule has 0 amide bonds. The average Bonchev–Trinajstić information content (AvgIpc) is 2.66. The molecule has 0 radical (unpaired) electrons. The second-order valence-corrected chi connectivity index (χ2v) is 6.02. The van der Waals surface area contributed by atoms with Gasteiger partial charge in [0.15, 0.2) is 0 Å². The summed E-state index contributed by atoms with van der Waals surface area (Å²) in [5, 5.41) is 5.90. The van der Waals surface area contributed by atoms with Crippen molar-refractivity contribution in [3.8, 4) is 5.75 Å². The van der Waals surface area contributed by atoms with E-state index in [9.17, 15) is 13.2 Å². The van der Waals surface area contributed by atoms with E-state index in [1.807, 2.05) is 24.3 Å². The molecule has 0 spiro atoms. The Morgan fingerprint density at radius 3 is 2.39 bits per heavy atom. The SMILES string of the molecule is COc1ccccc1CNc1cc(Nc2ccccc2C(F)(F)F)nc(C)n1. The van der Waals surface area contributed by atoms with Crippen LogP contribution in [0.5, 0.6) is 5.75 Å². The minimum absolute atomic E-state index is 0.0659. The van der Waals surface area contributed by atoms with Gasteiger partial charge in [-0.15, -0.1) is 0 Å². The molecule has 28 heavy (non-hydrogen) atoms. The van der Waals surface area contributed by atoms with Crippen molar-refractivity contribution in [3.63, 3.8) is 0 Å². The van der Waals surface area contributed by atoms with Crippen LogP contribution in [0.4, 0.5) is 30.5 Å². The molecule has 146 valence electrons. The van der Waals surface area contributed by atoms with Crippen LogP contribution >= 0.6 is 0 Å². The van der Waals surface area contributed by atoms with E-state index < -0.39 is 11.7 Å². The van der Waals surface area contributed by atoms with E-state index in [0.29, 0.717) is 18.2 Å². The Bertz CT molecular complexity index is 960. The van der Waals surface area contributed by atoms with Gasteiger partial charge in [-0.3, -0.25) is 0 Å². The van der Waals surface area contributed by atoms with Gasteiger partial charge in [0.05, 0.1) is 18.4 Å². The number of anilines is 3. The smallest absolute Gasteiger partial charge is 0.418 e. The average molecular weight is 388 g/mol. The molecule has 0 aliphatic carbocycles. The first-order valence-corrected chi connectivity index (χ1v) is 8.51. The molecular formula is C20H19F3N4O. The summed E-state index contributed by atoms with van der Waals surface area (Å²) in [7, 11) is 1.59. The highest BCUT2D eigenvalue weighted by molar-refractivity contribution is 5.63. The lowest BCUT2D eigenvalue weighted by Crippen LogP contribution is -2.10. The van der Waals surface area contributed by atoms with Crippen molar-refractivity contribution in [2.75, 3.05) is 17.7 Å².